The van der Waals surface area contributed by atoms with Gasteiger partial charge in [-0.15, -0.1) is 0 Å². The van der Waals surface area contributed by atoms with Crippen LogP contribution in [0.2, 0.25) is 0 Å². The predicted molar refractivity (Wildman–Crippen MR) is 164 cm³/mol. The van der Waals surface area contributed by atoms with E-state index in [1.807, 2.05) is 4.90 Å². The maximum atomic E-state index is 14.1. The highest BCUT2D eigenvalue weighted by atomic mass is 79.9. The Balaban J connectivity index is 1.32. The predicted octanol–water partition coefficient (Wildman–Crippen LogP) is 4.08. The third kappa shape index (κ3) is 8.01. The van der Waals surface area contributed by atoms with Gasteiger partial charge in [0.15, 0.2) is 11.5 Å². The fraction of sp³-hybridized carbons (Fsp3) is 0.438. The highest BCUT2D eigenvalue weighted by Gasteiger charge is 2.40. The lowest BCUT2D eigenvalue weighted by Gasteiger charge is -2.48. The molecular formula is C32H33BrF4N4O6. The lowest BCUT2D eigenvalue weighted by atomic mass is 9.93. The van der Waals surface area contributed by atoms with Crippen LogP contribution < -0.4 is 9.47 Å². The molecule has 2 aromatic rings. The van der Waals surface area contributed by atoms with Gasteiger partial charge < -0.3 is 24.2 Å². The van der Waals surface area contributed by atoms with Gasteiger partial charge in [-0.1, -0.05) is 12.1 Å². The van der Waals surface area contributed by atoms with Crippen molar-refractivity contribution in [2.45, 2.75) is 31.5 Å². The number of likely N-dealkylation sites (tertiary alicyclic amines) is 1. The van der Waals surface area contributed by atoms with Crippen molar-refractivity contribution >= 4 is 39.7 Å². The Kier molecular flexibility index (Phi) is 10.4. The van der Waals surface area contributed by atoms with Crippen molar-refractivity contribution in [3.05, 3.63) is 69.5 Å². The molecule has 2 aromatic carbocycles. The number of esters is 2. The molecule has 0 radical (unpaired) electrons. The van der Waals surface area contributed by atoms with E-state index >= 15 is 0 Å². The van der Waals surface area contributed by atoms with E-state index in [0.717, 1.165) is 31.7 Å². The van der Waals surface area contributed by atoms with Gasteiger partial charge in [0.1, 0.15) is 15.9 Å². The molecule has 0 spiro atoms. The van der Waals surface area contributed by atoms with Crippen molar-refractivity contribution in [3.8, 4) is 11.5 Å². The molecular weight excluding hydrogens is 692 g/mol. The molecule has 2 saturated heterocycles. The van der Waals surface area contributed by atoms with Gasteiger partial charge in [-0.2, -0.15) is 13.2 Å². The van der Waals surface area contributed by atoms with Gasteiger partial charge in [-0.05, 0) is 52.7 Å². The lowest BCUT2D eigenvalue weighted by Crippen LogP contribution is -2.63. The zero-order valence-corrected chi connectivity index (χ0v) is 27.3. The van der Waals surface area contributed by atoms with Crippen molar-refractivity contribution in [1.82, 2.24) is 19.6 Å². The van der Waals surface area contributed by atoms with Crippen LogP contribution in [-0.4, -0.2) is 109 Å². The number of carbonyl (C=O) groups excluding carboxylic acids is 4. The molecule has 2 bridgehead atoms. The monoisotopic (exact) mass is 724 g/mol. The molecule has 1 atom stereocenters. The smallest absolute Gasteiger partial charge is 0.420 e. The number of carbonyl (C=O) groups is 4. The quantitative estimate of drug-likeness (QED) is 0.228. The Hall–Kier alpha value is -3.82. The summed E-state index contributed by atoms with van der Waals surface area (Å²) in [6.45, 7) is 6.97. The Morgan fingerprint density at radius 1 is 1.00 bits per heavy atom. The van der Waals surface area contributed by atoms with Gasteiger partial charge in [0.25, 0.3) is 5.91 Å². The molecule has 0 N–H and O–H groups in total. The van der Waals surface area contributed by atoms with Crippen molar-refractivity contribution in [3.63, 3.8) is 0 Å². The Morgan fingerprint density at radius 3 is 2.17 bits per heavy atom. The SMILES string of the molecule is CC(=O)N1CCN(C2CN(CC[C@H](CN(C)C(=O)c3cc(C(F)(F)F)c4c(Br)c3OC(=O)/C=C\C(=O)O4)c3ccc(F)cc3)C2)CC1. The average molecular weight is 726 g/mol. The second kappa shape index (κ2) is 14.1. The summed E-state index contributed by atoms with van der Waals surface area (Å²) in [6.07, 6.45) is -3.15. The van der Waals surface area contributed by atoms with Gasteiger partial charge in [0, 0.05) is 83.9 Å². The molecule has 3 aliphatic rings. The van der Waals surface area contributed by atoms with E-state index in [9.17, 15) is 36.7 Å². The molecule has 252 valence electrons. The minimum Gasteiger partial charge on any atom is -0.421 e. The highest BCUT2D eigenvalue weighted by Crippen LogP contribution is 2.47. The highest BCUT2D eigenvalue weighted by molar-refractivity contribution is 9.10. The first-order valence-corrected chi connectivity index (χ1v) is 15.8. The molecule has 2 amide bonds. The summed E-state index contributed by atoms with van der Waals surface area (Å²) >= 11 is 2.96. The average Bonchev–Trinajstić information content (AvgIpc) is 3.02. The van der Waals surface area contributed by atoms with Crippen molar-refractivity contribution in [2.24, 2.45) is 0 Å². The first-order chi connectivity index (χ1) is 22.2. The van der Waals surface area contributed by atoms with E-state index in [1.54, 1.807) is 19.1 Å². The number of nitrogens with zero attached hydrogens (tertiary/aromatic N) is 4. The van der Waals surface area contributed by atoms with Crippen LogP contribution in [-0.2, 0) is 20.6 Å². The van der Waals surface area contributed by atoms with E-state index in [1.165, 1.54) is 24.1 Å². The maximum absolute atomic E-state index is 14.1. The minimum atomic E-state index is -5.03. The first-order valence-electron chi connectivity index (χ1n) is 15.0. The van der Waals surface area contributed by atoms with Gasteiger partial charge >= 0.3 is 18.1 Å². The van der Waals surface area contributed by atoms with Crippen LogP contribution >= 0.6 is 15.9 Å². The molecule has 0 unspecified atom stereocenters. The number of hydrogen-bond donors (Lipinski definition) is 0. The van der Waals surface area contributed by atoms with Gasteiger partial charge in [0.05, 0.1) is 5.56 Å². The van der Waals surface area contributed by atoms with E-state index < -0.39 is 56.9 Å². The third-order valence-corrected chi connectivity index (χ3v) is 9.38. The molecule has 2 fully saturated rings. The third-order valence-electron chi connectivity index (χ3n) is 8.66. The summed E-state index contributed by atoms with van der Waals surface area (Å²) in [5, 5.41) is 0. The Morgan fingerprint density at radius 2 is 1.60 bits per heavy atom. The Bertz CT molecular complexity index is 1570. The summed E-state index contributed by atoms with van der Waals surface area (Å²) in [5.74, 6) is -5.34. The van der Waals surface area contributed by atoms with Gasteiger partial charge in [-0.3, -0.25) is 14.5 Å². The van der Waals surface area contributed by atoms with E-state index in [-0.39, 0.29) is 18.4 Å². The number of ether oxygens (including phenoxy) is 2. The molecule has 0 aliphatic carbocycles. The number of benzene rings is 2. The number of amides is 2. The molecule has 3 heterocycles. The van der Waals surface area contributed by atoms with Crippen LogP contribution in [0.15, 0.2) is 47.0 Å². The van der Waals surface area contributed by atoms with Crippen LogP contribution in [0, 0.1) is 5.82 Å². The minimum absolute atomic E-state index is 0.0533. The number of piperazine rings is 1. The van der Waals surface area contributed by atoms with Crippen LogP contribution in [0.4, 0.5) is 17.6 Å². The van der Waals surface area contributed by atoms with E-state index in [4.69, 9.17) is 9.47 Å². The first kappa shape index (κ1) is 34.5. The van der Waals surface area contributed by atoms with Crippen LogP contribution in [0.1, 0.15) is 40.7 Å². The summed E-state index contributed by atoms with van der Waals surface area (Å²) < 4.78 is 65.7. The van der Waals surface area contributed by atoms with Crippen molar-refractivity contribution in [1.29, 1.82) is 0 Å². The number of likely N-dealkylation sites (N-methyl/N-ethyl adjacent to an activating group) is 1. The van der Waals surface area contributed by atoms with Crippen molar-refractivity contribution < 1.29 is 46.2 Å². The molecule has 47 heavy (non-hydrogen) atoms. The zero-order valence-electron chi connectivity index (χ0n) is 25.7. The summed E-state index contributed by atoms with van der Waals surface area (Å²) in [6, 6.07) is 6.72. The number of halogens is 5. The van der Waals surface area contributed by atoms with Crippen LogP contribution in [0.3, 0.4) is 0 Å². The molecule has 15 heteroatoms. The number of hydrogen-bond acceptors (Lipinski definition) is 8. The summed E-state index contributed by atoms with van der Waals surface area (Å²) in [7, 11) is 1.41. The molecule has 10 nitrogen and oxygen atoms in total. The van der Waals surface area contributed by atoms with Gasteiger partial charge in [0.2, 0.25) is 5.91 Å². The Labute approximate surface area is 277 Å². The lowest BCUT2D eigenvalue weighted by molar-refractivity contribution is -0.141. The number of alkyl halides is 3. The molecule has 5 rings (SSSR count). The normalized spacial score (nSPS) is 19.1. The van der Waals surface area contributed by atoms with E-state index in [0.29, 0.717) is 50.3 Å². The molecule has 3 aliphatic heterocycles. The van der Waals surface area contributed by atoms with Crippen molar-refractivity contribution in [2.75, 3.05) is 59.4 Å². The van der Waals surface area contributed by atoms with Crippen LogP contribution in [0.5, 0.6) is 11.5 Å². The topological polar surface area (TPSA) is 99.7 Å². The van der Waals surface area contributed by atoms with Crippen LogP contribution in [0.25, 0.3) is 0 Å². The van der Waals surface area contributed by atoms with E-state index in [2.05, 4.69) is 25.7 Å². The zero-order chi connectivity index (χ0) is 34.0. The second-order valence-corrected chi connectivity index (χ2v) is 12.6. The molecule has 0 aromatic heterocycles. The summed E-state index contributed by atoms with van der Waals surface area (Å²) in [5.41, 5.74) is -1.23. The maximum Gasteiger partial charge on any atom is 0.420 e. The standard InChI is InChI=1S/C32H33BrF4N4O6/c1-19(42)40-11-13-41(14-12-40)23-17-39(18-23)10-9-21(20-3-5-22(34)6-4-20)16-38(2)31(45)24-15-25(32(35,36)37)30-28(33)29(24)46-26(43)7-8-27(44)47-30/h3-8,15,21,23H,9-14,16-18H2,1-2H3/b8-7-/t21-/m1/s1. The fourth-order valence-electron chi connectivity index (χ4n) is 6.00. The second-order valence-electron chi connectivity index (χ2n) is 11.8. The fourth-order valence-corrected chi connectivity index (χ4v) is 6.59. The number of rotatable bonds is 8. The largest absolute Gasteiger partial charge is 0.421 e. The number of fused-ring (bicyclic) bond motifs is 2. The molecule has 0 saturated carbocycles. The van der Waals surface area contributed by atoms with Gasteiger partial charge in [-0.25, -0.2) is 14.0 Å². The summed E-state index contributed by atoms with van der Waals surface area (Å²) in [4.78, 5) is 57.5.